The van der Waals surface area contributed by atoms with Crippen LogP contribution in [0.1, 0.15) is 11.5 Å². The normalized spacial score (nSPS) is 10.7. The van der Waals surface area contributed by atoms with Crippen molar-refractivity contribution in [3.8, 4) is 11.3 Å². The van der Waals surface area contributed by atoms with E-state index in [0.717, 1.165) is 34.3 Å². The van der Waals surface area contributed by atoms with E-state index in [2.05, 4.69) is 15.3 Å². The molecule has 0 bridgehead atoms. The number of imidazole rings is 1. The van der Waals surface area contributed by atoms with Crippen LogP contribution < -0.4 is 5.32 Å². The van der Waals surface area contributed by atoms with Gasteiger partial charge in [0.15, 0.2) is 0 Å². The van der Waals surface area contributed by atoms with Gasteiger partial charge < -0.3 is 10.3 Å². The average Bonchev–Trinajstić information content (AvgIpc) is 2.61. The highest BCUT2D eigenvalue weighted by molar-refractivity contribution is 6.30. The number of halogens is 1. The smallest absolute Gasteiger partial charge is 0.103 e. The Morgan fingerprint density at radius 3 is 2.62 bits per heavy atom. The Labute approximate surface area is 99.9 Å². The molecule has 0 saturated heterocycles. The zero-order valence-corrected chi connectivity index (χ0v) is 10.1. The van der Waals surface area contributed by atoms with E-state index in [1.54, 1.807) is 0 Å². The molecule has 0 radical (unpaired) electrons. The summed E-state index contributed by atoms with van der Waals surface area (Å²) in [6.45, 7) is 2.73. The number of nitrogens with one attached hydrogen (secondary N) is 2. The maximum absolute atomic E-state index is 5.86. The molecule has 2 rings (SSSR count). The molecule has 0 atom stereocenters. The number of aromatic nitrogens is 2. The molecule has 0 aliphatic heterocycles. The Morgan fingerprint density at radius 1 is 1.31 bits per heavy atom. The Morgan fingerprint density at radius 2 is 2.00 bits per heavy atom. The summed E-state index contributed by atoms with van der Waals surface area (Å²) in [5.74, 6) is 0.926. The Hall–Kier alpha value is -1.32. The van der Waals surface area contributed by atoms with E-state index in [1.165, 1.54) is 0 Å². The van der Waals surface area contributed by atoms with Gasteiger partial charge in [-0.05, 0) is 26.1 Å². The minimum Gasteiger partial charge on any atom is -0.345 e. The van der Waals surface area contributed by atoms with E-state index in [0.29, 0.717) is 0 Å². The van der Waals surface area contributed by atoms with Crippen LogP contribution in [0.5, 0.6) is 0 Å². The van der Waals surface area contributed by atoms with Crippen molar-refractivity contribution in [2.24, 2.45) is 0 Å². The van der Waals surface area contributed by atoms with Gasteiger partial charge in [0.1, 0.15) is 5.82 Å². The summed E-state index contributed by atoms with van der Waals surface area (Å²) in [4.78, 5) is 7.74. The molecule has 2 N–H and O–H groups in total. The van der Waals surface area contributed by atoms with Crippen molar-refractivity contribution in [1.29, 1.82) is 0 Å². The molecule has 0 unspecified atom stereocenters. The summed E-state index contributed by atoms with van der Waals surface area (Å²) in [7, 11) is 1.92. The number of benzene rings is 1. The molecule has 0 aliphatic rings. The van der Waals surface area contributed by atoms with Crippen molar-refractivity contribution in [3.05, 3.63) is 40.8 Å². The molecule has 84 valence electrons. The highest BCUT2D eigenvalue weighted by Gasteiger charge is 2.09. The minimum atomic E-state index is 0.742. The molecule has 0 aliphatic carbocycles. The second-order valence-corrected chi connectivity index (χ2v) is 4.12. The molecule has 1 aromatic heterocycles. The monoisotopic (exact) mass is 235 g/mol. The van der Waals surface area contributed by atoms with Gasteiger partial charge in [0.25, 0.3) is 0 Å². The number of nitrogens with zero attached hydrogens (tertiary/aromatic N) is 1. The summed E-state index contributed by atoms with van der Waals surface area (Å²) in [5, 5.41) is 3.86. The van der Waals surface area contributed by atoms with Crippen LogP contribution >= 0.6 is 11.6 Å². The van der Waals surface area contributed by atoms with Gasteiger partial charge in [-0.15, -0.1) is 0 Å². The lowest BCUT2D eigenvalue weighted by Crippen LogP contribution is -2.06. The zero-order valence-electron chi connectivity index (χ0n) is 9.34. The Balaban J connectivity index is 2.42. The number of rotatable bonds is 3. The van der Waals surface area contributed by atoms with Gasteiger partial charge in [0.05, 0.1) is 11.4 Å². The van der Waals surface area contributed by atoms with E-state index in [9.17, 15) is 0 Å². The van der Waals surface area contributed by atoms with Crippen molar-refractivity contribution < 1.29 is 0 Å². The quantitative estimate of drug-likeness (QED) is 0.859. The van der Waals surface area contributed by atoms with Gasteiger partial charge in [-0.25, -0.2) is 4.98 Å². The number of hydrogen-bond acceptors (Lipinski definition) is 2. The standard InChI is InChI=1S/C12H14ClN3/c1-8-15-11(7-14-2)12(16-8)9-3-5-10(13)6-4-9/h3-6,14H,7H2,1-2H3,(H,15,16). The molecule has 16 heavy (non-hydrogen) atoms. The van der Waals surface area contributed by atoms with Gasteiger partial charge >= 0.3 is 0 Å². The van der Waals surface area contributed by atoms with Crippen molar-refractivity contribution in [1.82, 2.24) is 15.3 Å². The second-order valence-electron chi connectivity index (χ2n) is 3.69. The topological polar surface area (TPSA) is 40.7 Å². The third-order valence-corrected chi connectivity index (χ3v) is 2.62. The zero-order chi connectivity index (χ0) is 11.5. The lowest BCUT2D eigenvalue weighted by atomic mass is 10.1. The first kappa shape index (κ1) is 11.2. The van der Waals surface area contributed by atoms with Gasteiger partial charge in [0, 0.05) is 17.1 Å². The van der Waals surface area contributed by atoms with Crippen molar-refractivity contribution in [3.63, 3.8) is 0 Å². The van der Waals surface area contributed by atoms with Gasteiger partial charge in [0.2, 0.25) is 0 Å². The average molecular weight is 236 g/mol. The first-order chi connectivity index (χ1) is 7.70. The number of H-pyrrole nitrogens is 1. The van der Waals surface area contributed by atoms with Crippen molar-refractivity contribution in [2.75, 3.05) is 7.05 Å². The van der Waals surface area contributed by atoms with Crippen molar-refractivity contribution in [2.45, 2.75) is 13.5 Å². The van der Waals surface area contributed by atoms with Gasteiger partial charge in [-0.2, -0.15) is 0 Å². The summed E-state index contributed by atoms with van der Waals surface area (Å²) in [6.07, 6.45) is 0. The van der Waals surface area contributed by atoms with E-state index in [-0.39, 0.29) is 0 Å². The van der Waals surface area contributed by atoms with E-state index >= 15 is 0 Å². The number of aryl methyl sites for hydroxylation is 1. The van der Waals surface area contributed by atoms with E-state index in [4.69, 9.17) is 11.6 Å². The van der Waals surface area contributed by atoms with E-state index < -0.39 is 0 Å². The van der Waals surface area contributed by atoms with Crippen LogP contribution in [0, 0.1) is 6.92 Å². The van der Waals surface area contributed by atoms with Crippen LogP contribution in [-0.4, -0.2) is 17.0 Å². The van der Waals surface area contributed by atoms with Crippen LogP contribution in [0.3, 0.4) is 0 Å². The molecule has 0 amide bonds. The molecule has 0 saturated carbocycles. The van der Waals surface area contributed by atoms with E-state index in [1.807, 2.05) is 38.2 Å². The van der Waals surface area contributed by atoms with Gasteiger partial charge in [-0.3, -0.25) is 0 Å². The van der Waals surface area contributed by atoms with Crippen LogP contribution in [0.4, 0.5) is 0 Å². The molecular formula is C12H14ClN3. The third-order valence-electron chi connectivity index (χ3n) is 2.37. The lowest BCUT2D eigenvalue weighted by molar-refractivity contribution is 0.796. The fourth-order valence-electron chi connectivity index (χ4n) is 1.69. The highest BCUT2D eigenvalue weighted by atomic mass is 35.5. The third kappa shape index (κ3) is 2.26. The fraction of sp³-hybridized carbons (Fsp3) is 0.250. The summed E-state index contributed by atoms with van der Waals surface area (Å²) in [6, 6.07) is 7.72. The Bertz CT molecular complexity index is 474. The summed E-state index contributed by atoms with van der Waals surface area (Å²) >= 11 is 5.86. The Kier molecular flexibility index (Phi) is 3.27. The van der Waals surface area contributed by atoms with Crippen LogP contribution in [-0.2, 0) is 6.54 Å². The van der Waals surface area contributed by atoms with Crippen LogP contribution in [0.2, 0.25) is 5.02 Å². The SMILES string of the molecule is CNCc1[nH]c(C)nc1-c1ccc(Cl)cc1. The molecule has 3 nitrogen and oxygen atoms in total. The first-order valence-corrected chi connectivity index (χ1v) is 5.54. The first-order valence-electron chi connectivity index (χ1n) is 5.16. The highest BCUT2D eigenvalue weighted by Crippen LogP contribution is 2.23. The molecular weight excluding hydrogens is 222 g/mol. The number of aromatic amines is 1. The predicted octanol–water partition coefficient (Wildman–Crippen LogP) is 2.76. The second kappa shape index (κ2) is 4.68. The maximum atomic E-state index is 5.86. The minimum absolute atomic E-state index is 0.742. The molecule has 0 spiro atoms. The molecule has 0 fully saturated rings. The fourth-order valence-corrected chi connectivity index (χ4v) is 1.82. The molecule has 4 heteroatoms. The number of hydrogen-bond donors (Lipinski definition) is 2. The predicted molar refractivity (Wildman–Crippen MR) is 66.5 cm³/mol. The molecule has 1 aromatic carbocycles. The van der Waals surface area contributed by atoms with Crippen molar-refractivity contribution >= 4 is 11.6 Å². The molecule has 1 heterocycles. The maximum Gasteiger partial charge on any atom is 0.103 e. The van der Waals surface area contributed by atoms with Crippen LogP contribution in [0.15, 0.2) is 24.3 Å². The largest absolute Gasteiger partial charge is 0.345 e. The lowest BCUT2D eigenvalue weighted by Gasteiger charge is -2.02. The summed E-state index contributed by atoms with van der Waals surface area (Å²) in [5.41, 5.74) is 3.17. The molecule has 2 aromatic rings. The van der Waals surface area contributed by atoms with Crippen LogP contribution in [0.25, 0.3) is 11.3 Å². The summed E-state index contributed by atoms with van der Waals surface area (Å²) < 4.78 is 0. The van der Waals surface area contributed by atoms with Gasteiger partial charge in [-0.1, -0.05) is 23.7 Å².